The second-order valence-electron chi connectivity index (χ2n) is 4.11. The highest BCUT2D eigenvalue weighted by Crippen LogP contribution is 2.12. The van der Waals surface area contributed by atoms with Crippen molar-refractivity contribution in [2.24, 2.45) is 0 Å². The summed E-state index contributed by atoms with van der Waals surface area (Å²) in [5, 5.41) is 9.23. The molecule has 1 aromatic carbocycles. The monoisotopic (exact) mass is 300 g/mol. The molecular formula is C14H12N4O2S. The Morgan fingerprint density at radius 1 is 1.29 bits per heavy atom. The zero-order valence-electron chi connectivity index (χ0n) is 11.0. The SMILES string of the molecule is O=C(COc1ccn(-c2ccccc2)n1)Nc1nccs1. The van der Waals surface area contributed by atoms with Gasteiger partial charge in [0.25, 0.3) is 5.91 Å². The van der Waals surface area contributed by atoms with Crippen molar-refractivity contribution < 1.29 is 9.53 Å². The maximum absolute atomic E-state index is 11.7. The number of thiazole rings is 1. The van der Waals surface area contributed by atoms with E-state index < -0.39 is 0 Å². The average molecular weight is 300 g/mol. The third kappa shape index (κ3) is 3.46. The van der Waals surface area contributed by atoms with Crippen LogP contribution in [0.5, 0.6) is 5.88 Å². The Balaban J connectivity index is 1.56. The number of nitrogens with one attached hydrogen (secondary N) is 1. The van der Waals surface area contributed by atoms with Crippen LogP contribution in [-0.4, -0.2) is 27.3 Å². The smallest absolute Gasteiger partial charge is 0.264 e. The van der Waals surface area contributed by atoms with Gasteiger partial charge in [0.1, 0.15) is 0 Å². The molecule has 0 spiro atoms. The van der Waals surface area contributed by atoms with Crippen molar-refractivity contribution in [3.8, 4) is 11.6 Å². The standard InChI is InChI=1S/C14H12N4O2S/c19-12(16-14-15-7-9-21-14)10-20-13-6-8-18(17-13)11-4-2-1-3-5-11/h1-9H,10H2,(H,15,16,19). The normalized spacial score (nSPS) is 10.3. The van der Waals surface area contributed by atoms with Crippen LogP contribution in [0.3, 0.4) is 0 Å². The lowest BCUT2D eigenvalue weighted by atomic mass is 10.3. The second-order valence-corrected chi connectivity index (χ2v) is 5.00. The van der Waals surface area contributed by atoms with Crippen molar-refractivity contribution in [3.05, 3.63) is 54.2 Å². The van der Waals surface area contributed by atoms with Crippen LogP contribution in [0.25, 0.3) is 5.69 Å². The Hall–Kier alpha value is -2.67. The molecule has 1 N–H and O–H groups in total. The highest BCUT2D eigenvalue weighted by molar-refractivity contribution is 7.13. The predicted molar refractivity (Wildman–Crippen MR) is 79.8 cm³/mol. The lowest BCUT2D eigenvalue weighted by Crippen LogP contribution is -2.20. The summed E-state index contributed by atoms with van der Waals surface area (Å²) in [6.45, 7) is -0.106. The van der Waals surface area contributed by atoms with Crippen molar-refractivity contribution in [1.29, 1.82) is 0 Å². The van der Waals surface area contributed by atoms with Gasteiger partial charge in [-0.25, -0.2) is 9.67 Å². The fraction of sp³-hybridized carbons (Fsp3) is 0.0714. The van der Waals surface area contributed by atoms with E-state index >= 15 is 0 Å². The molecule has 0 aliphatic carbocycles. The number of benzene rings is 1. The van der Waals surface area contributed by atoms with Crippen LogP contribution in [0.4, 0.5) is 5.13 Å². The molecule has 2 heterocycles. The van der Waals surface area contributed by atoms with Crippen LogP contribution in [0.15, 0.2) is 54.2 Å². The van der Waals surface area contributed by atoms with Gasteiger partial charge in [0.05, 0.1) is 5.69 Å². The van der Waals surface area contributed by atoms with E-state index in [0.29, 0.717) is 11.0 Å². The topological polar surface area (TPSA) is 69.0 Å². The number of nitrogens with zero attached hydrogens (tertiary/aromatic N) is 3. The van der Waals surface area contributed by atoms with Crippen LogP contribution in [-0.2, 0) is 4.79 Å². The summed E-state index contributed by atoms with van der Waals surface area (Å²) in [4.78, 5) is 15.6. The van der Waals surface area contributed by atoms with Gasteiger partial charge in [0.2, 0.25) is 5.88 Å². The maximum atomic E-state index is 11.7. The molecule has 0 radical (unpaired) electrons. The molecule has 0 aliphatic rings. The minimum atomic E-state index is -0.265. The van der Waals surface area contributed by atoms with E-state index in [1.54, 1.807) is 28.5 Å². The van der Waals surface area contributed by atoms with Gasteiger partial charge in [0.15, 0.2) is 11.7 Å². The molecule has 106 valence electrons. The number of carbonyl (C=O) groups excluding carboxylic acids is 1. The summed E-state index contributed by atoms with van der Waals surface area (Å²) >= 11 is 1.36. The molecule has 0 unspecified atom stereocenters. The van der Waals surface area contributed by atoms with E-state index in [-0.39, 0.29) is 12.5 Å². The van der Waals surface area contributed by atoms with Crippen molar-refractivity contribution >= 4 is 22.4 Å². The van der Waals surface area contributed by atoms with Crippen LogP contribution in [0.1, 0.15) is 0 Å². The molecule has 6 nitrogen and oxygen atoms in total. The van der Waals surface area contributed by atoms with Crippen molar-refractivity contribution in [3.63, 3.8) is 0 Å². The first-order valence-corrected chi connectivity index (χ1v) is 7.12. The lowest BCUT2D eigenvalue weighted by Gasteiger charge is -2.03. The number of anilines is 1. The molecule has 3 rings (SSSR count). The van der Waals surface area contributed by atoms with Crippen LogP contribution < -0.4 is 10.1 Å². The van der Waals surface area contributed by atoms with Gasteiger partial charge < -0.3 is 4.74 Å². The van der Waals surface area contributed by atoms with Crippen molar-refractivity contribution in [2.75, 3.05) is 11.9 Å². The third-order valence-electron chi connectivity index (χ3n) is 2.62. The molecule has 0 atom stereocenters. The van der Waals surface area contributed by atoms with E-state index in [9.17, 15) is 4.79 Å². The Bertz CT molecular complexity index is 710. The molecule has 0 saturated carbocycles. The minimum absolute atomic E-state index is 0.106. The number of hydrogen-bond donors (Lipinski definition) is 1. The first kappa shape index (κ1) is 13.3. The third-order valence-corrected chi connectivity index (χ3v) is 3.30. The molecule has 2 aromatic heterocycles. The Morgan fingerprint density at radius 3 is 2.90 bits per heavy atom. The highest BCUT2D eigenvalue weighted by atomic mass is 32.1. The number of carbonyl (C=O) groups is 1. The Morgan fingerprint density at radius 2 is 2.14 bits per heavy atom. The molecule has 0 saturated heterocycles. The predicted octanol–water partition coefficient (Wildman–Crippen LogP) is 2.35. The zero-order chi connectivity index (χ0) is 14.5. The molecule has 0 fully saturated rings. The van der Waals surface area contributed by atoms with Crippen LogP contribution >= 0.6 is 11.3 Å². The molecule has 3 aromatic rings. The molecular weight excluding hydrogens is 288 g/mol. The van der Waals surface area contributed by atoms with E-state index in [1.165, 1.54) is 11.3 Å². The average Bonchev–Trinajstić information content (AvgIpc) is 3.17. The first-order chi connectivity index (χ1) is 10.3. The van der Waals surface area contributed by atoms with Crippen LogP contribution in [0.2, 0.25) is 0 Å². The number of amides is 1. The van der Waals surface area contributed by atoms with Gasteiger partial charge in [0, 0.05) is 23.8 Å². The van der Waals surface area contributed by atoms with Crippen molar-refractivity contribution in [2.45, 2.75) is 0 Å². The quantitative estimate of drug-likeness (QED) is 0.785. The fourth-order valence-electron chi connectivity index (χ4n) is 1.69. The van der Waals surface area contributed by atoms with Gasteiger partial charge >= 0.3 is 0 Å². The molecule has 7 heteroatoms. The summed E-state index contributed by atoms with van der Waals surface area (Å²) in [6, 6.07) is 11.4. The first-order valence-electron chi connectivity index (χ1n) is 6.24. The Kier molecular flexibility index (Phi) is 3.92. The second kappa shape index (κ2) is 6.19. The van der Waals surface area contributed by atoms with E-state index in [0.717, 1.165) is 5.69 Å². The Labute approximate surface area is 125 Å². The van der Waals surface area contributed by atoms with E-state index in [4.69, 9.17) is 4.74 Å². The zero-order valence-corrected chi connectivity index (χ0v) is 11.8. The molecule has 21 heavy (non-hydrogen) atoms. The summed E-state index contributed by atoms with van der Waals surface area (Å²) in [6.07, 6.45) is 3.41. The minimum Gasteiger partial charge on any atom is -0.466 e. The maximum Gasteiger partial charge on any atom is 0.264 e. The molecule has 0 aliphatic heterocycles. The van der Waals surface area contributed by atoms with Gasteiger partial charge in [-0.3, -0.25) is 10.1 Å². The van der Waals surface area contributed by atoms with Crippen LogP contribution in [0, 0.1) is 0 Å². The summed E-state index contributed by atoms with van der Waals surface area (Å²) in [5.74, 6) is 0.132. The van der Waals surface area contributed by atoms with E-state index in [1.807, 2.05) is 30.3 Å². The van der Waals surface area contributed by atoms with Gasteiger partial charge in [-0.1, -0.05) is 18.2 Å². The largest absolute Gasteiger partial charge is 0.466 e. The number of hydrogen-bond acceptors (Lipinski definition) is 5. The van der Waals surface area contributed by atoms with E-state index in [2.05, 4.69) is 15.4 Å². The summed E-state index contributed by atoms with van der Waals surface area (Å²) < 4.78 is 7.04. The fourth-order valence-corrected chi connectivity index (χ4v) is 2.23. The van der Waals surface area contributed by atoms with Gasteiger partial charge in [-0.15, -0.1) is 16.4 Å². The number of para-hydroxylation sites is 1. The van der Waals surface area contributed by atoms with Gasteiger partial charge in [-0.2, -0.15) is 0 Å². The number of aromatic nitrogens is 3. The van der Waals surface area contributed by atoms with Crippen molar-refractivity contribution in [1.82, 2.24) is 14.8 Å². The molecule has 1 amide bonds. The van der Waals surface area contributed by atoms with Gasteiger partial charge in [-0.05, 0) is 12.1 Å². The summed E-state index contributed by atoms with van der Waals surface area (Å²) in [5.41, 5.74) is 0.930. The highest BCUT2D eigenvalue weighted by Gasteiger charge is 2.07. The molecule has 0 bridgehead atoms. The lowest BCUT2D eigenvalue weighted by molar-refractivity contribution is -0.118. The number of ether oxygens (including phenoxy) is 1. The number of rotatable bonds is 5. The summed E-state index contributed by atoms with van der Waals surface area (Å²) in [7, 11) is 0.